The van der Waals surface area contributed by atoms with E-state index in [-0.39, 0.29) is 0 Å². The number of aromatic carboxylic acids is 1. The molecule has 0 saturated carbocycles. The summed E-state index contributed by atoms with van der Waals surface area (Å²) in [7, 11) is 0. The number of aryl methyl sites for hydroxylation is 2. The van der Waals surface area contributed by atoms with Gasteiger partial charge < -0.3 is 9.67 Å². The standard InChI is InChI=1S/C13H16N2O2/c1-3-4-7-15-9(2)14-11-6-5-10(13(16)17)8-12(11)15/h5-6,8H,3-4,7H2,1-2H3,(H,16,17). The van der Waals surface area contributed by atoms with Crippen molar-refractivity contribution in [1.82, 2.24) is 9.55 Å². The number of imidazole rings is 1. The average Bonchev–Trinajstić information content (AvgIpc) is 2.61. The van der Waals surface area contributed by atoms with Crippen LogP contribution in [0.15, 0.2) is 18.2 Å². The van der Waals surface area contributed by atoms with Crippen LogP contribution in [0, 0.1) is 6.92 Å². The number of fused-ring (bicyclic) bond motifs is 1. The minimum atomic E-state index is -0.896. The largest absolute Gasteiger partial charge is 0.478 e. The van der Waals surface area contributed by atoms with Crippen LogP contribution in [0.4, 0.5) is 0 Å². The van der Waals surface area contributed by atoms with Crippen LogP contribution in [0.2, 0.25) is 0 Å². The third-order valence-electron chi connectivity index (χ3n) is 2.92. The third-order valence-corrected chi connectivity index (χ3v) is 2.92. The Morgan fingerprint density at radius 3 is 2.88 bits per heavy atom. The van der Waals surface area contributed by atoms with Crippen molar-refractivity contribution in [3.63, 3.8) is 0 Å². The highest BCUT2D eigenvalue weighted by Gasteiger charge is 2.10. The van der Waals surface area contributed by atoms with Gasteiger partial charge in [-0.2, -0.15) is 0 Å². The van der Waals surface area contributed by atoms with Crippen LogP contribution in [-0.4, -0.2) is 20.6 Å². The molecule has 0 radical (unpaired) electrons. The van der Waals surface area contributed by atoms with Gasteiger partial charge in [0.2, 0.25) is 0 Å². The predicted octanol–water partition coefficient (Wildman–Crippen LogP) is 2.84. The molecule has 17 heavy (non-hydrogen) atoms. The molecule has 1 heterocycles. The Labute approximate surface area is 99.9 Å². The van der Waals surface area contributed by atoms with E-state index >= 15 is 0 Å². The van der Waals surface area contributed by atoms with E-state index in [0.29, 0.717) is 5.56 Å². The highest BCUT2D eigenvalue weighted by molar-refractivity contribution is 5.92. The van der Waals surface area contributed by atoms with Crippen molar-refractivity contribution in [2.45, 2.75) is 33.2 Å². The van der Waals surface area contributed by atoms with Crippen LogP contribution >= 0.6 is 0 Å². The summed E-state index contributed by atoms with van der Waals surface area (Å²) in [6, 6.07) is 5.07. The molecular weight excluding hydrogens is 216 g/mol. The number of carboxylic acids is 1. The number of nitrogens with zero attached hydrogens (tertiary/aromatic N) is 2. The number of carboxylic acid groups (broad SMARTS) is 1. The van der Waals surface area contributed by atoms with Gasteiger partial charge in [-0.05, 0) is 31.5 Å². The lowest BCUT2D eigenvalue weighted by Gasteiger charge is -2.05. The molecule has 0 saturated heterocycles. The molecule has 1 N–H and O–H groups in total. The van der Waals surface area contributed by atoms with E-state index in [1.54, 1.807) is 18.2 Å². The Bertz CT molecular complexity index is 558. The monoisotopic (exact) mass is 232 g/mol. The first kappa shape index (κ1) is 11.6. The van der Waals surface area contributed by atoms with Crippen molar-refractivity contribution in [2.24, 2.45) is 0 Å². The highest BCUT2D eigenvalue weighted by atomic mass is 16.4. The molecule has 0 atom stereocenters. The lowest BCUT2D eigenvalue weighted by molar-refractivity contribution is 0.0697. The van der Waals surface area contributed by atoms with Gasteiger partial charge in [0, 0.05) is 6.54 Å². The maximum atomic E-state index is 10.9. The van der Waals surface area contributed by atoms with Gasteiger partial charge in [0.15, 0.2) is 0 Å². The topological polar surface area (TPSA) is 55.1 Å². The molecule has 0 unspecified atom stereocenters. The number of hydrogen-bond donors (Lipinski definition) is 1. The fourth-order valence-corrected chi connectivity index (χ4v) is 1.97. The van der Waals surface area contributed by atoms with Gasteiger partial charge in [0.25, 0.3) is 0 Å². The van der Waals surface area contributed by atoms with Gasteiger partial charge in [0.1, 0.15) is 5.82 Å². The SMILES string of the molecule is CCCCn1c(C)nc2ccc(C(=O)O)cc21. The molecule has 4 heteroatoms. The second-order valence-electron chi connectivity index (χ2n) is 4.17. The number of rotatable bonds is 4. The molecule has 0 fully saturated rings. The summed E-state index contributed by atoms with van der Waals surface area (Å²) in [6.07, 6.45) is 2.18. The highest BCUT2D eigenvalue weighted by Crippen LogP contribution is 2.18. The van der Waals surface area contributed by atoms with Crippen LogP contribution < -0.4 is 0 Å². The van der Waals surface area contributed by atoms with Crippen molar-refractivity contribution in [1.29, 1.82) is 0 Å². The van der Waals surface area contributed by atoms with Crippen molar-refractivity contribution in [2.75, 3.05) is 0 Å². The van der Waals surface area contributed by atoms with E-state index in [1.165, 1.54) is 0 Å². The van der Waals surface area contributed by atoms with Crippen LogP contribution in [0.3, 0.4) is 0 Å². The molecule has 0 aliphatic carbocycles. The van der Waals surface area contributed by atoms with Gasteiger partial charge in [0.05, 0.1) is 16.6 Å². The molecule has 0 amide bonds. The van der Waals surface area contributed by atoms with Gasteiger partial charge in [-0.3, -0.25) is 0 Å². The molecule has 2 rings (SSSR count). The first-order valence-corrected chi connectivity index (χ1v) is 5.83. The first-order chi connectivity index (χ1) is 8.13. The zero-order valence-corrected chi connectivity index (χ0v) is 10.1. The number of carbonyl (C=O) groups is 1. The van der Waals surface area contributed by atoms with Crippen LogP contribution in [-0.2, 0) is 6.54 Å². The Kier molecular flexibility index (Phi) is 3.13. The average molecular weight is 232 g/mol. The number of aromatic nitrogens is 2. The van der Waals surface area contributed by atoms with Gasteiger partial charge in [-0.25, -0.2) is 9.78 Å². The predicted molar refractivity (Wildman–Crippen MR) is 66.3 cm³/mol. The second kappa shape index (κ2) is 4.57. The maximum absolute atomic E-state index is 10.9. The third kappa shape index (κ3) is 2.16. The fraction of sp³-hybridized carbons (Fsp3) is 0.385. The molecule has 90 valence electrons. The number of hydrogen-bond acceptors (Lipinski definition) is 2. The van der Waals surface area contributed by atoms with Crippen molar-refractivity contribution < 1.29 is 9.90 Å². The van der Waals surface area contributed by atoms with E-state index in [9.17, 15) is 4.79 Å². The van der Waals surface area contributed by atoms with Gasteiger partial charge in [-0.15, -0.1) is 0 Å². The summed E-state index contributed by atoms with van der Waals surface area (Å²) in [6.45, 7) is 4.98. The molecule has 0 aliphatic rings. The molecular formula is C13H16N2O2. The normalized spacial score (nSPS) is 10.9. The molecule has 0 bridgehead atoms. The molecule has 2 aromatic rings. The molecule has 1 aromatic carbocycles. The molecule has 4 nitrogen and oxygen atoms in total. The lowest BCUT2D eigenvalue weighted by Crippen LogP contribution is -2.01. The maximum Gasteiger partial charge on any atom is 0.335 e. The van der Waals surface area contributed by atoms with E-state index < -0.39 is 5.97 Å². The van der Waals surface area contributed by atoms with Crippen LogP contribution in [0.25, 0.3) is 11.0 Å². The minimum Gasteiger partial charge on any atom is -0.478 e. The van der Waals surface area contributed by atoms with E-state index in [4.69, 9.17) is 5.11 Å². The summed E-state index contributed by atoms with van der Waals surface area (Å²) in [5.41, 5.74) is 2.09. The Balaban J connectivity index is 2.52. The first-order valence-electron chi connectivity index (χ1n) is 5.83. The smallest absolute Gasteiger partial charge is 0.335 e. The molecule has 1 aromatic heterocycles. The minimum absolute atomic E-state index is 0.315. The molecule has 0 aliphatic heterocycles. The summed E-state index contributed by atoms with van der Waals surface area (Å²) < 4.78 is 2.09. The fourth-order valence-electron chi connectivity index (χ4n) is 1.97. The van der Waals surface area contributed by atoms with Gasteiger partial charge in [-0.1, -0.05) is 13.3 Å². The number of benzene rings is 1. The zero-order chi connectivity index (χ0) is 12.4. The Hall–Kier alpha value is -1.84. The Morgan fingerprint density at radius 1 is 1.47 bits per heavy atom. The van der Waals surface area contributed by atoms with E-state index in [2.05, 4.69) is 16.5 Å². The lowest BCUT2D eigenvalue weighted by atomic mass is 10.2. The summed E-state index contributed by atoms with van der Waals surface area (Å²) in [5, 5.41) is 8.99. The summed E-state index contributed by atoms with van der Waals surface area (Å²) in [5.74, 6) is 0.0452. The van der Waals surface area contributed by atoms with E-state index in [1.807, 2.05) is 6.92 Å². The summed E-state index contributed by atoms with van der Waals surface area (Å²) >= 11 is 0. The van der Waals surface area contributed by atoms with Crippen molar-refractivity contribution in [3.8, 4) is 0 Å². The zero-order valence-electron chi connectivity index (χ0n) is 10.1. The summed E-state index contributed by atoms with van der Waals surface area (Å²) in [4.78, 5) is 15.4. The quantitative estimate of drug-likeness (QED) is 0.881. The molecule has 0 spiro atoms. The van der Waals surface area contributed by atoms with Crippen molar-refractivity contribution >= 4 is 17.0 Å². The van der Waals surface area contributed by atoms with Crippen LogP contribution in [0.5, 0.6) is 0 Å². The number of unbranched alkanes of at least 4 members (excludes halogenated alkanes) is 1. The van der Waals surface area contributed by atoms with E-state index in [0.717, 1.165) is 36.2 Å². The van der Waals surface area contributed by atoms with Gasteiger partial charge >= 0.3 is 5.97 Å². The second-order valence-corrected chi connectivity index (χ2v) is 4.17. The van der Waals surface area contributed by atoms with Crippen molar-refractivity contribution in [3.05, 3.63) is 29.6 Å². The van der Waals surface area contributed by atoms with Crippen LogP contribution in [0.1, 0.15) is 35.9 Å². The Morgan fingerprint density at radius 2 is 2.24 bits per heavy atom.